The van der Waals surface area contributed by atoms with E-state index in [1.807, 2.05) is 16.8 Å². The second-order valence-corrected chi connectivity index (χ2v) is 5.72. The van der Waals surface area contributed by atoms with E-state index in [2.05, 4.69) is 24.0 Å². The molecule has 0 radical (unpaired) electrons. The summed E-state index contributed by atoms with van der Waals surface area (Å²) in [6.45, 7) is 5.11. The molecule has 3 rings (SSSR count). The van der Waals surface area contributed by atoms with Crippen LogP contribution in [-0.2, 0) is 4.74 Å². The minimum absolute atomic E-state index is 0.195. The number of aromatic nitrogens is 2. The molecule has 4 nitrogen and oxygen atoms in total. The van der Waals surface area contributed by atoms with Crippen LogP contribution in [0.25, 0.3) is 11.4 Å². The molecule has 0 saturated carbocycles. The molecular weight excluding hydrogens is 248 g/mol. The molecule has 0 aliphatic carbocycles. The molecule has 96 valence electrons. The van der Waals surface area contributed by atoms with Crippen LogP contribution >= 0.6 is 11.3 Å². The van der Waals surface area contributed by atoms with Gasteiger partial charge in [0.25, 0.3) is 0 Å². The van der Waals surface area contributed by atoms with Crippen molar-refractivity contribution in [3.05, 3.63) is 22.7 Å². The lowest BCUT2D eigenvalue weighted by atomic mass is 9.93. The van der Waals surface area contributed by atoms with Crippen molar-refractivity contribution in [3.63, 3.8) is 0 Å². The summed E-state index contributed by atoms with van der Waals surface area (Å²) >= 11 is 1.64. The lowest BCUT2D eigenvalue weighted by Crippen LogP contribution is -2.21. The molecule has 5 heteroatoms. The van der Waals surface area contributed by atoms with Crippen LogP contribution in [0.1, 0.15) is 32.1 Å². The molecule has 1 aliphatic rings. The fraction of sp³-hybridized carbons (Fsp3) is 0.538. The Kier molecular flexibility index (Phi) is 3.18. The van der Waals surface area contributed by atoms with Crippen LogP contribution in [0.15, 0.2) is 21.3 Å². The van der Waals surface area contributed by atoms with Crippen LogP contribution in [0, 0.1) is 5.92 Å². The average molecular weight is 264 g/mol. The molecule has 2 atom stereocenters. The number of nitrogens with zero attached hydrogens (tertiary/aromatic N) is 2. The summed E-state index contributed by atoms with van der Waals surface area (Å²) < 4.78 is 11.2. The first-order valence-electron chi connectivity index (χ1n) is 6.23. The number of rotatable bonds is 3. The monoisotopic (exact) mass is 264 g/mol. The van der Waals surface area contributed by atoms with Crippen molar-refractivity contribution in [3.8, 4) is 11.4 Å². The zero-order valence-electron chi connectivity index (χ0n) is 10.5. The second-order valence-electron chi connectivity index (χ2n) is 4.94. The first-order valence-corrected chi connectivity index (χ1v) is 7.18. The third kappa shape index (κ3) is 2.08. The fourth-order valence-corrected chi connectivity index (χ4v) is 3.06. The predicted molar refractivity (Wildman–Crippen MR) is 69.5 cm³/mol. The van der Waals surface area contributed by atoms with Crippen molar-refractivity contribution in [1.29, 1.82) is 0 Å². The van der Waals surface area contributed by atoms with E-state index in [1.54, 1.807) is 11.3 Å². The second kappa shape index (κ2) is 4.82. The molecule has 2 aromatic rings. The normalized spacial score (nSPS) is 23.9. The maximum atomic E-state index is 5.76. The van der Waals surface area contributed by atoms with Crippen molar-refractivity contribution < 1.29 is 9.26 Å². The van der Waals surface area contributed by atoms with Crippen molar-refractivity contribution in [2.75, 3.05) is 6.61 Å². The molecule has 2 aromatic heterocycles. The molecule has 0 bridgehead atoms. The van der Waals surface area contributed by atoms with Gasteiger partial charge in [-0.15, -0.1) is 0 Å². The van der Waals surface area contributed by atoms with E-state index in [1.165, 1.54) is 0 Å². The van der Waals surface area contributed by atoms with E-state index in [0.717, 1.165) is 18.6 Å². The van der Waals surface area contributed by atoms with Crippen molar-refractivity contribution in [1.82, 2.24) is 10.1 Å². The van der Waals surface area contributed by atoms with Crippen LogP contribution < -0.4 is 0 Å². The highest BCUT2D eigenvalue weighted by Crippen LogP contribution is 2.35. The van der Waals surface area contributed by atoms with Crippen LogP contribution in [-0.4, -0.2) is 22.9 Å². The van der Waals surface area contributed by atoms with Gasteiger partial charge in [-0.1, -0.05) is 19.0 Å². The van der Waals surface area contributed by atoms with E-state index in [-0.39, 0.29) is 12.0 Å². The molecule has 0 aromatic carbocycles. The summed E-state index contributed by atoms with van der Waals surface area (Å²) in [7, 11) is 0. The first kappa shape index (κ1) is 11.9. The van der Waals surface area contributed by atoms with Gasteiger partial charge >= 0.3 is 0 Å². The fourth-order valence-electron chi connectivity index (χ4n) is 2.43. The Balaban J connectivity index is 1.85. The largest absolute Gasteiger partial charge is 0.377 e. The summed E-state index contributed by atoms with van der Waals surface area (Å²) in [5.41, 5.74) is 1.02. The quantitative estimate of drug-likeness (QED) is 0.853. The van der Waals surface area contributed by atoms with Gasteiger partial charge in [0.1, 0.15) is 0 Å². The summed E-state index contributed by atoms with van der Waals surface area (Å²) in [6, 6.07) is 2.00. The van der Waals surface area contributed by atoms with Gasteiger partial charge in [-0.2, -0.15) is 16.3 Å². The van der Waals surface area contributed by atoms with Crippen molar-refractivity contribution in [2.24, 2.45) is 5.92 Å². The molecule has 3 heterocycles. The van der Waals surface area contributed by atoms with Gasteiger partial charge in [-0.3, -0.25) is 0 Å². The van der Waals surface area contributed by atoms with Gasteiger partial charge in [0.2, 0.25) is 11.7 Å². The minimum atomic E-state index is 0.195. The third-order valence-corrected chi connectivity index (χ3v) is 4.01. The molecule has 0 amide bonds. The molecule has 1 aliphatic heterocycles. The van der Waals surface area contributed by atoms with E-state index in [0.29, 0.717) is 17.6 Å². The number of ether oxygens (including phenoxy) is 1. The van der Waals surface area contributed by atoms with Gasteiger partial charge < -0.3 is 9.26 Å². The van der Waals surface area contributed by atoms with Gasteiger partial charge in [-0.25, -0.2) is 0 Å². The summed E-state index contributed by atoms with van der Waals surface area (Å²) in [4.78, 5) is 4.52. The third-order valence-electron chi connectivity index (χ3n) is 3.33. The highest BCUT2D eigenvalue weighted by atomic mass is 32.1. The Morgan fingerprint density at radius 3 is 3.06 bits per heavy atom. The van der Waals surface area contributed by atoms with E-state index >= 15 is 0 Å². The molecule has 1 fully saturated rings. The first-order chi connectivity index (χ1) is 8.75. The summed E-state index contributed by atoms with van der Waals surface area (Å²) in [5.74, 6) is 2.10. The van der Waals surface area contributed by atoms with Crippen molar-refractivity contribution >= 4 is 11.3 Å². The van der Waals surface area contributed by atoms with Gasteiger partial charge in [0.05, 0.1) is 12.0 Å². The van der Waals surface area contributed by atoms with Crippen LogP contribution in [0.2, 0.25) is 0 Å². The van der Waals surface area contributed by atoms with Crippen LogP contribution in [0.4, 0.5) is 0 Å². The Labute approximate surface area is 110 Å². The standard InChI is InChI=1S/C13H16N2O2S/c1-8(2)11-10(3-5-16-11)13-14-12(15-17-13)9-4-6-18-7-9/h4,6-8,10-11H,3,5H2,1-2H3/t10-,11-/m1/s1. The SMILES string of the molecule is CC(C)[C@H]1OCC[C@H]1c1nc(-c2ccsc2)no1. The number of hydrogen-bond acceptors (Lipinski definition) is 5. The summed E-state index contributed by atoms with van der Waals surface area (Å²) in [6.07, 6.45) is 1.16. The molecule has 1 saturated heterocycles. The lowest BCUT2D eigenvalue weighted by Gasteiger charge is -2.18. The topological polar surface area (TPSA) is 48.2 Å². The maximum absolute atomic E-state index is 5.76. The van der Waals surface area contributed by atoms with Crippen LogP contribution in [0.3, 0.4) is 0 Å². The summed E-state index contributed by atoms with van der Waals surface area (Å²) in [5, 5.41) is 8.10. The number of thiophene rings is 1. The zero-order chi connectivity index (χ0) is 12.5. The van der Waals surface area contributed by atoms with Crippen LogP contribution in [0.5, 0.6) is 0 Å². The van der Waals surface area contributed by atoms with E-state index in [9.17, 15) is 0 Å². The average Bonchev–Trinajstić information content (AvgIpc) is 3.10. The molecule has 0 spiro atoms. The maximum Gasteiger partial charge on any atom is 0.232 e. The Bertz CT molecular complexity index is 507. The minimum Gasteiger partial charge on any atom is -0.377 e. The predicted octanol–water partition coefficient (Wildman–Crippen LogP) is 3.33. The smallest absolute Gasteiger partial charge is 0.232 e. The Morgan fingerprint density at radius 2 is 2.33 bits per heavy atom. The zero-order valence-corrected chi connectivity index (χ0v) is 11.3. The van der Waals surface area contributed by atoms with E-state index < -0.39 is 0 Å². The number of hydrogen-bond donors (Lipinski definition) is 0. The van der Waals surface area contributed by atoms with Gasteiger partial charge in [0, 0.05) is 17.6 Å². The van der Waals surface area contributed by atoms with Crippen molar-refractivity contribution in [2.45, 2.75) is 32.3 Å². The van der Waals surface area contributed by atoms with E-state index in [4.69, 9.17) is 9.26 Å². The molecule has 0 unspecified atom stereocenters. The molecule has 0 N–H and O–H groups in total. The molecule has 18 heavy (non-hydrogen) atoms. The molecular formula is C13H16N2O2S. The Hall–Kier alpha value is -1.20. The highest BCUT2D eigenvalue weighted by Gasteiger charge is 2.35. The Morgan fingerprint density at radius 1 is 1.44 bits per heavy atom. The van der Waals surface area contributed by atoms with Gasteiger partial charge in [-0.05, 0) is 23.8 Å². The lowest BCUT2D eigenvalue weighted by molar-refractivity contribution is 0.0627. The van der Waals surface area contributed by atoms with Gasteiger partial charge in [0.15, 0.2) is 0 Å². The highest BCUT2D eigenvalue weighted by molar-refractivity contribution is 7.08.